The molecule has 2 aromatic carbocycles. The van der Waals surface area contributed by atoms with Crippen molar-refractivity contribution in [3.8, 4) is 5.69 Å². The molecule has 1 amide bonds. The van der Waals surface area contributed by atoms with Gasteiger partial charge < -0.3 is 15.0 Å². The number of nitrogens with zero attached hydrogens (tertiary/aromatic N) is 1. The zero-order chi connectivity index (χ0) is 23.8. The summed E-state index contributed by atoms with van der Waals surface area (Å²) in [4.78, 5) is 13.1. The molecule has 1 heterocycles. The lowest BCUT2D eigenvalue weighted by atomic mass is 10.1. The summed E-state index contributed by atoms with van der Waals surface area (Å²) in [5.41, 5.74) is 4.07. The number of carbonyl (C=O) groups is 1. The summed E-state index contributed by atoms with van der Waals surface area (Å²) in [5.74, 6) is -0.372. The first-order chi connectivity index (χ1) is 14.9. The number of sulfone groups is 1. The second-order valence-electron chi connectivity index (χ2n) is 7.83. The number of nitrogens with one attached hydrogen (secondary N) is 1. The number of aliphatic hydroxyl groups is 1. The van der Waals surface area contributed by atoms with Crippen LogP contribution in [0.4, 0.5) is 5.69 Å². The second kappa shape index (κ2) is 9.27. The van der Waals surface area contributed by atoms with E-state index >= 15 is 0 Å². The smallest absolute Gasteiger partial charge is 0.257 e. The largest absolute Gasteiger partial charge is 0.393 e. The monoisotopic (exact) mass is 494 g/mol. The van der Waals surface area contributed by atoms with E-state index in [0.29, 0.717) is 28.4 Å². The Kier molecular flexibility index (Phi) is 7.05. The summed E-state index contributed by atoms with van der Waals surface area (Å²) in [6.45, 7) is 5.44. The fraction of sp³-hybridized carbons (Fsp3) is 0.261. The van der Waals surface area contributed by atoms with E-state index in [0.717, 1.165) is 23.2 Å². The zero-order valence-corrected chi connectivity index (χ0v) is 20.4. The molecule has 2 N–H and O–H groups in total. The van der Waals surface area contributed by atoms with Crippen LogP contribution in [0.25, 0.3) is 5.69 Å². The van der Waals surface area contributed by atoms with Crippen molar-refractivity contribution in [2.75, 3.05) is 11.6 Å². The van der Waals surface area contributed by atoms with Gasteiger partial charge in [-0.1, -0.05) is 23.2 Å². The fourth-order valence-corrected chi connectivity index (χ4v) is 5.19. The van der Waals surface area contributed by atoms with Crippen LogP contribution in [0.15, 0.2) is 47.4 Å². The number of amides is 1. The molecule has 0 unspecified atom stereocenters. The van der Waals surface area contributed by atoms with Crippen molar-refractivity contribution >= 4 is 44.6 Å². The Morgan fingerprint density at radius 3 is 2.38 bits per heavy atom. The highest BCUT2D eigenvalue weighted by atomic mass is 35.5. The van der Waals surface area contributed by atoms with Gasteiger partial charge in [-0.3, -0.25) is 4.79 Å². The minimum Gasteiger partial charge on any atom is -0.393 e. The van der Waals surface area contributed by atoms with Crippen LogP contribution in [0.1, 0.15) is 34.2 Å². The van der Waals surface area contributed by atoms with Gasteiger partial charge in [0.05, 0.1) is 21.6 Å². The molecular weight excluding hydrogens is 471 g/mol. The SMILES string of the molecule is Cc1cc(Cl)ccc1-n1c(C[C@H](C)O)cc(C(=O)Nc2ccc(S(C)(=O)=O)c(Cl)c2)c1C. The molecule has 0 aliphatic carbocycles. The average Bonchev–Trinajstić information content (AvgIpc) is 2.96. The first-order valence-electron chi connectivity index (χ1n) is 9.85. The maximum atomic E-state index is 13.1. The van der Waals surface area contributed by atoms with Crippen LogP contribution < -0.4 is 5.32 Å². The average molecular weight is 495 g/mol. The first-order valence-corrected chi connectivity index (χ1v) is 12.5. The van der Waals surface area contributed by atoms with Gasteiger partial charge in [-0.25, -0.2) is 8.42 Å². The Balaban J connectivity index is 2.02. The highest BCUT2D eigenvalue weighted by molar-refractivity contribution is 7.90. The van der Waals surface area contributed by atoms with Crippen LogP contribution >= 0.6 is 23.2 Å². The zero-order valence-electron chi connectivity index (χ0n) is 18.1. The van der Waals surface area contributed by atoms with Gasteiger partial charge in [0.25, 0.3) is 5.91 Å². The summed E-state index contributed by atoms with van der Waals surface area (Å²) in [7, 11) is -3.47. The third-order valence-electron chi connectivity index (χ3n) is 5.06. The second-order valence-corrected chi connectivity index (χ2v) is 10.7. The van der Waals surface area contributed by atoms with Crippen LogP contribution in [0, 0.1) is 13.8 Å². The van der Waals surface area contributed by atoms with Gasteiger partial charge >= 0.3 is 0 Å². The number of aliphatic hydroxyl groups excluding tert-OH is 1. The normalized spacial score (nSPS) is 12.6. The number of halogens is 2. The van der Waals surface area contributed by atoms with Crippen molar-refractivity contribution in [2.45, 2.75) is 38.2 Å². The molecule has 0 fully saturated rings. The lowest BCUT2D eigenvalue weighted by molar-refractivity contribution is 0.102. The van der Waals surface area contributed by atoms with Gasteiger partial charge in [-0.2, -0.15) is 0 Å². The summed E-state index contributed by atoms with van der Waals surface area (Å²) in [6, 6.07) is 11.5. The molecule has 0 spiro atoms. The Hall–Kier alpha value is -2.32. The van der Waals surface area contributed by atoms with Gasteiger partial charge in [-0.05, 0) is 68.8 Å². The summed E-state index contributed by atoms with van der Waals surface area (Å²) >= 11 is 12.2. The van der Waals surface area contributed by atoms with Gasteiger partial charge in [0.2, 0.25) is 0 Å². The lowest BCUT2D eigenvalue weighted by Crippen LogP contribution is -2.14. The molecule has 1 aromatic heterocycles. The molecule has 3 aromatic rings. The Labute approximate surface area is 197 Å². The van der Waals surface area contributed by atoms with E-state index in [1.807, 2.05) is 30.5 Å². The number of benzene rings is 2. The van der Waals surface area contributed by atoms with Gasteiger partial charge in [0, 0.05) is 40.5 Å². The van der Waals surface area contributed by atoms with E-state index in [9.17, 15) is 18.3 Å². The molecular formula is C23H24Cl2N2O4S. The van der Waals surface area contributed by atoms with Gasteiger partial charge in [0.1, 0.15) is 0 Å². The number of aromatic nitrogens is 1. The predicted molar refractivity (Wildman–Crippen MR) is 128 cm³/mol. The number of rotatable bonds is 6. The van der Waals surface area contributed by atoms with E-state index in [1.165, 1.54) is 18.2 Å². The summed E-state index contributed by atoms with van der Waals surface area (Å²) in [6.07, 6.45) is 0.820. The minimum atomic E-state index is -3.47. The molecule has 1 atom stereocenters. The lowest BCUT2D eigenvalue weighted by Gasteiger charge is -2.16. The van der Waals surface area contributed by atoms with E-state index in [-0.39, 0.29) is 15.8 Å². The summed E-state index contributed by atoms with van der Waals surface area (Å²) < 4.78 is 25.5. The first kappa shape index (κ1) is 24.3. The molecule has 0 aliphatic heterocycles. The van der Waals surface area contributed by atoms with Crippen molar-refractivity contribution in [1.82, 2.24) is 4.57 Å². The predicted octanol–water partition coefficient (Wildman–Crippen LogP) is 4.98. The van der Waals surface area contributed by atoms with E-state index in [2.05, 4.69) is 5.32 Å². The highest BCUT2D eigenvalue weighted by Gasteiger charge is 2.21. The molecule has 3 rings (SSSR count). The number of carbonyl (C=O) groups excluding carboxylic acids is 1. The van der Waals surface area contributed by atoms with E-state index in [1.54, 1.807) is 19.1 Å². The van der Waals surface area contributed by atoms with Crippen molar-refractivity contribution in [1.29, 1.82) is 0 Å². The topological polar surface area (TPSA) is 88.4 Å². The van der Waals surface area contributed by atoms with Crippen LogP contribution in [-0.4, -0.2) is 36.4 Å². The van der Waals surface area contributed by atoms with E-state index in [4.69, 9.17) is 23.2 Å². The molecule has 9 heteroatoms. The maximum absolute atomic E-state index is 13.1. The van der Waals surface area contributed by atoms with Crippen LogP contribution in [0.3, 0.4) is 0 Å². The Morgan fingerprint density at radius 1 is 1.12 bits per heavy atom. The van der Waals surface area contributed by atoms with Crippen molar-refractivity contribution in [2.24, 2.45) is 0 Å². The van der Waals surface area contributed by atoms with Gasteiger partial charge in [-0.15, -0.1) is 0 Å². The molecule has 0 aliphatic rings. The molecule has 0 bridgehead atoms. The quantitative estimate of drug-likeness (QED) is 0.505. The molecule has 0 radical (unpaired) electrons. The molecule has 170 valence electrons. The number of anilines is 1. The Bertz CT molecular complexity index is 1300. The van der Waals surface area contributed by atoms with Crippen LogP contribution in [-0.2, 0) is 16.3 Å². The summed E-state index contributed by atoms with van der Waals surface area (Å²) in [5, 5.41) is 13.4. The van der Waals surface area contributed by atoms with Crippen molar-refractivity contribution < 1.29 is 18.3 Å². The fourth-order valence-electron chi connectivity index (χ4n) is 3.64. The van der Waals surface area contributed by atoms with Crippen molar-refractivity contribution in [3.05, 3.63) is 75.0 Å². The number of hydrogen-bond acceptors (Lipinski definition) is 4. The highest BCUT2D eigenvalue weighted by Crippen LogP contribution is 2.29. The van der Waals surface area contributed by atoms with Crippen molar-refractivity contribution in [3.63, 3.8) is 0 Å². The van der Waals surface area contributed by atoms with E-state index < -0.39 is 15.9 Å². The Morgan fingerprint density at radius 2 is 1.81 bits per heavy atom. The molecule has 6 nitrogen and oxygen atoms in total. The molecule has 32 heavy (non-hydrogen) atoms. The third kappa shape index (κ3) is 5.18. The molecule has 0 saturated heterocycles. The minimum absolute atomic E-state index is 0.00284. The van der Waals surface area contributed by atoms with Crippen LogP contribution in [0.2, 0.25) is 10.0 Å². The van der Waals surface area contributed by atoms with Gasteiger partial charge in [0.15, 0.2) is 9.84 Å². The standard InChI is InChI=1S/C23H24Cl2N2O4S/c1-13-9-16(24)5-7-21(13)27-15(3)19(12-18(27)10-14(2)28)23(29)26-17-6-8-22(20(25)11-17)32(4,30)31/h5-9,11-12,14,28H,10H2,1-4H3,(H,26,29)/t14-/m0/s1. The number of hydrogen-bond donors (Lipinski definition) is 2. The number of aryl methyl sites for hydroxylation is 1. The maximum Gasteiger partial charge on any atom is 0.257 e. The molecule has 0 saturated carbocycles. The third-order valence-corrected chi connectivity index (χ3v) is 6.88. The van der Waals surface area contributed by atoms with Crippen LogP contribution in [0.5, 0.6) is 0 Å².